The predicted molar refractivity (Wildman–Crippen MR) is 57.5 cm³/mol. The van der Waals surface area contributed by atoms with E-state index in [9.17, 15) is 4.79 Å². The molecule has 1 unspecified atom stereocenters. The van der Waals surface area contributed by atoms with Crippen molar-refractivity contribution in [2.45, 2.75) is 25.4 Å². The molecule has 82 valence electrons. The molecule has 3 nitrogen and oxygen atoms in total. The van der Waals surface area contributed by atoms with Gasteiger partial charge in [0.05, 0.1) is 6.61 Å². The van der Waals surface area contributed by atoms with Crippen molar-refractivity contribution in [1.29, 1.82) is 0 Å². The van der Waals surface area contributed by atoms with E-state index in [2.05, 4.69) is 0 Å². The van der Waals surface area contributed by atoms with Crippen molar-refractivity contribution in [2.75, 3.05) is 6.61 Å². The van der Waals surface area contributed by atoms with E-state index in [0.717, 1.165) is 6.42 Å². The molecule has 2 N–H and O–H groups in total. The standard InChI is InChI=1S/C12H16O3/c13-9-12(15)11(14)8-4-7-10-5-2-1-3-6-10/h1-3,5-6,12-13,15H,4,7-9H2. The summed E-state index contributed by atoms with van der Waals surface area (Å²) in [5.41, 5.74) is 1.18. The largest absolute Gasteiger partial charge is 0.393 e. The maximum absolute atomic E-state index is 11.2. The molecule has 1 rings (SSSR count). The number of Topliss-reactive ketones (excluding diaryl/α,β-unsaturated/α-hetero) is 1. The predicted octanol–water partition coefficient (Wildman–Crippen LogP) is 0.932. The van der Waals surface area contributed by atoms with Crippen LogP contribution in [0.25, 0.3) is 0 Å². The molecule has 0 fully saturated rings. The molecule has 0 saturated heterocycles. The number of aliphatic hydroxyl groups is 2. The van der Waals surface area contributed by atoms with Gasteiger partial charge in [0, 0.05) is 6.42 Å². The van der Waals surface area contributed by atoms with Crippen LogP contribution in [-0.4, -0.2) is 28.7 Å². The van der Waals surface area contributed by atoms with Gasteiger partial charge in [-0.05, 0) is 18.4 Å². The summed E-state index contributed by atoms with van der Waals surface area (Å²) in [4.78, 5) is 11.2. The molecule has 0 radical (unpaired) electrons. The molecule has 0 aromatic heterocycles. The van der Waals surface area contributed by atoms with E-state index < -0.39 is 12.7 Å². The fourth-order valence-corrected chi connectivity index (χ4v) is 1.38. The number of carbonyl (C=O) groups excluding carboxylic acids is 1. The molecular weight excluding hydrogens is 192 g/mol. The fraction of sp³-hybridized carbons (Fsp3) is 0.417. The molecule has 0 spiro atoms. The number of aryl methyl sites for hydroxylation is 1. The molecule has 0 heterocycles. The van der Waals surface area contributed by atoms with Gasteiger partial charge in [0.25, 0.3) is 0 Å². The average molecular weight is 208 g/mol. The van der Waals surface area contributed by atoms with Crippen LogP contribution in [0.1, 0.15) is 18.4 Å². The van der Waals surface area contributed by atoms with Crippen molar-refractivity contribution in [3.05, 3.63) is 35.9 Å². The molecule has 0 aliphatic heterocycles. The van der Waals surface area contributed by atoms with Crippen LogP contribution in [0.4, 0.5) is 0 Å². The maximum atomic E-state index is 11.2. The van der Waals surface area contributed by atoms with Gasteiger partial charge in [-0.15, -0.1) is 0 Å². The minimum Gasteiger partial charge on any atom is -0.393 e. The SMILES string of the molecule is O=C(CCCc1ccccc1)C(O)CO. The van der Waals surface area contributed by atoms with Crippen LogP contribution in [0.5, 0.6) is 0 Å². The van der Waals surface area contributed by atoms with Crippen LogP contribution >= 0.6 is 0 Å². The highest BCUT2D eigenvalue weighted by Crippen LogP contribution is 2.05. The van der Waals surface area contributed by atoms with Gasteiger partial charge in [-0.2, -0.15) is 0 Å². The zero-order valence-electron chi connectivity index (χ0n) is 8.60. The lowest BCUT2D eigenvalue weighted by atomic mass is 10.0. The Morgan fingerprint density at radius 1 is 1.27 bits per heavy atom. The monoisotopic (exact) mass is 208 g/mol. The zero-order valence-corrected chi connectivity index (χ0v) is 8.60. The summed E-state index contributed by atoms with van der Waals surface area (Å²) in [5, 5.41) is 17.6. The molecule has 0 aliphatic carbocycles. The van der Waals surface area contributed by atoms with Crippen molar-refractivity contribution in [3.63, 3.8) is 0 Å². The smallest absolute Gasteiger partial charge is 0.163 e. The van der Waals surface area contributed by atoms with Gasteiger partial charge in [-0.3, -0.25) is 4.79 Å². The van der Waals surface area contributed by atoms with Crippen LogP contribution in [0.2, 0.25) is 0 Å². The highest BCUT2D eigenvalue weighted by atomic mass is 16.3. The highest BCUT2D eigenvalue weighted by Gasteiger charge is 2.12. The van der Waals surface area contributed by atoms with Crippen molar-refractivity contribution in [3.8, 4) is 0 Å². The van der Waals surface area contributed by atoms with Gasteiger partial charge in [0.1, 0.15) is 6.10 Å². The van der Waals surface area contributed by atoms with Crippen molar-refractivity contribution in [1.82, 2.24) is 0 Å². The first-order chi connectivity index (χ1) is 7.24. The first-order valence-electron chi connectivity index (χ1n) is 5.09. The molecule has 15 heavy (non-hydrogen) atoms. The second-order valence-corrected chi connectivity index (χ2v) is 3.50. The lowest BCUT2D eigenvalue weighted by Gasteiger charge is -2.05. The third-order valence-electron chi connectivity index (χ3n) is 2.28. The molecule has 3 heteroatoms. The van der Waals surface area contributed by atoms with Crippen molar-refractivity contribution < 1.29 is 15.0 Å². The van der Waals surface area contributed by atoms with Crippen LogP contribution in [0.3, 0.4) is 0 Å². The molecule has 0 aliphatic rings. The first-order valence-corrected chi connectivity index (χ1v) is 5.09. The van der Waals surface area contributed by atoms with Gasteiger partial charge >= 0.3 is 0 Å². The fourth-order valence-electron chi connectivity index (χ4n) is 1.38. The van der Waals surface area contributed by atoms with Crippen LogP contribution in [0.15, 0.2) is 30.3 Å². The Balaban J connectivity index is 2.25. The maximum Gasteiger partial charge on any atom is 0.163 e. The van der Waals surface area contributed by atoms with Gasteiger partial charge in [0.15, 0.2) is 5.78 Å². The molecule has 0 saturated carbocycles. The van der Waals surface area contributed by atoms with E-state index in [1.54, 1.807) is 0 Å². The summed E-state index contributed by atoms with van der Waals surface area (Å²) in [5.74, 6) is -0.284. The summed E-state index contributed by atoms with van der Waals surface area (Å²) in [7, 11) is 0. The molecule has 1 aromatic rings. The Bertz CT molecular complexity index is 295. The number of benzene rings is 1. The van der Waals surface area contributed by atoms with E-state index in [0.29, 0.717) is 12.8 Å². The molecule has 1 atom stereocenters. The molecule has 0 amide bonds. The summed E-state index contributed by atoms with van der Waals surface area (Å²) < 4.78 is 0. The molecular formula is C12H16O3. The summed E-state index contributed by atoms with van der Waals surface area (Å²) >= 11 is 0. The van der Waals surface area contributed by atoms with Gasteiger partial charge in [0.2, 0.25) is 0 Å². The van der Waals surface area contributed by atoms with Crippen molar-refractivity contribution >= 4 is 5.78 Å². The van der Waals surface area contributed by atoms with E-state index in [-0.39, 0.29) is 5.78 Å². The lowest BCUT2D eigenvalue weighted by molar-refractivity contribution is -0.129. The Morgan fingerprint density at radius 2 is 1.93 bits per heavy atom. The van der Waals surface area contributed by atoms with Gasteiger partial charge < -0.3 is 10.2 Å². The van der Waals surface area contributed by atoms with Gasteiger partial charge in [-0.1, -0.05) is 30.3 Å². The zero-order chi connectivity index (χ0) is 11.1. The quantitative estimate of drug-likeness (QED) is 0.731. The number of rotatable bonds is 6. The highest BCUT2D eigenvalue weighted by molar-refractivity contribution is 5.82. The number of hydrogen-bond donors (Lipinski definition) is 2. The topological polar surface area (TPSA) is 57.5 Å². The van der Waals surface area contributed by atoms with E-state index in [1.807, 2.05) is 30.3 Å². The molecule has 1 aromatic carbocycles. The van der Waals surface area contributed by atoms with Gasteiger partial charge in [-0.25, -0.2) is 0 Å². The van der Waals surface area contributed by atoms with E-state index in [4.69, 9.17) is 10.2 Å². The van der Waals surface area contributed by atoms with Crippen molar-refractivity contribution in [2.24, 2.45) is 0 Å². The minimum absolute atomic E-state index is 0.284. The normalized spacial score (nSPS) is 12.4. The number of aliphatic hydroxyl groups excluding tert-OH is 2. The van der Waals surface area contributed by atoms with E-state index in [1.165, 1.54) is 5.56 Å². The third-order valence-corrected chi connectivity index (χ3v) is 2.28. The number of carbonyl (C=O) groups is 1. The minimum atomic E-state index is -1.21. The summed E-state index contributed by atoms with van der Waals surface area (Å²) in [6.45, 7) is -0.482. The van der Waals surface area contributed by atoms with Crippen LogP contribution in [-0.2, 0) is 11.2 Å². The summed E-state index contributed by atoms with van der Waals surface area (Å²) in [6, 6.07) is 9.88. The lowest BCUT2D eigenvalue weighted by Crippen LogP contribution is -2.23. The van der Waals surface area contributed by atoms with E-state index >= 15 is 0 Å². The second kappa shape index (κ2) is 6.32. The average Bonchev–Trinajstić information content (AvgIpc) is 2.29. The number of ketones is 1. The Hall–Kier alpha value is -1.19. The Labute approximate surface area is 89.4 Å². The van der Waals surface area contributed by atoms with Crippen LogP contribution < -0.4 is 0 Å². The second-order valence-electron chi connectivity index (χ2n) is 3.50. The Morgan fingerprint density at radius 3 is 2.53 bits per heavy atom. The first kappa shape index (κ1) is 11.9. The van der Waals surface area contributed by atoms with Crippen LogP contribution in [0, 0.1) is 0 Å². The third kappa shape index (κ3) is 4.23. The summed E-state index contributed by atoms with van der Waals surface area (Å²) in [6.07, 6.45) is 0.641. The molecule has 0 bridgehead atoms. The number of hydrogen-bond acceptors (Lipinski definition) is 3. The Kier molecular flexibility index (Phi) is 5.01.